The molecular formula is C24H29N3O4. The zero-order valence-corrected chi connectivity index (χ0v) is 18.1. The summed E-state index contributed by atoms with van der Waals surface area (Å²) in [4.78, 5) is 30.3. The zero-order chi connectivity index (χ0) is 21.8. The van der Waals surface area contributed by atoms with Crippen LogP contribution in [0.15, 0.2) is 48.5 Å². The highest BCUT2D eigenvalue weighted by Gasteiger charge is 2.27. The van der Waals surface area contributed by atoms with Gasteiger partial charge in [-0.2, -0.15) is 0 Å². The van der Waals surface area contributed by atoms with Crippen LogP contribution in [-0.2, 0) is 9.59 Å². The molecule has 1 unspecified atom stereocenters. The Balaban J connectivity index is 1.32. The number of benzene rings is 2. The lowest BCUT2D eigenvalue weighted by Gasteiger charge is -2.37. The minimum absolute atomic E-state index is 0.0608. The Hall–Kier alpha value is -3.22. The molecule has 7 heteroatoms. The van der Waals surface area contributed by atoms with Crippen LogP contribution < -0.4 is 19.3 Å². The molecular weight excluding hydrogens is 394 g/mol. The van der Waals surface area contributed by atoms with Crippen molar-refractivity contribution in [1.82, 2.24) is 4.90 Å². The Morgan fingerprint density at radius 3 is 2.84 bits per heavy atom. The first-order chi connectivity index (χ1) is 15.0. The van der Waals surface area contributed by atoms with E-state index in [9.17, 15) is 9.59 Å². The Morgan fingerprint density at radius 2 is 2.06 bits per heavy atom. The van der Waals surface area contributed by atoms with E-state index in [1.807, 2.05) is 36.4 Å². The second-order valence-corrected chi connectivity index (χ2v) is 7.96. The van der Waals surface area contributed by atoms with E-state index >= 15 is 0 Å². The third-order valence-corrected chi connectivity index (χ3v) is 5.77. The number of hydrogen-bond acceptors (Lipinski definition) is 5. The van der Waals surface area contributed by atoms with Crippen LogP contribution in [0.3, 0.4) is 0 Å². The van der Waals surface area contributed by atoms with Crippen LogP contribution in [0.4, 0.5) is 11.4 Å². The number of hydrogen-bond donors (Lipinski definition) is 0. The number of likely N-dealkylation sites (N-methyl/N-ethyl adjacent to an activating group) is 2. The second-order valence-electron chi connectivity index (χ2n) is 7.96. The summed E-state index contributed by atoms with van der Waals surface area (Å²) in [7, 11) is 1.77. The Bertz CT molecular complexity index is 948. The summed E-state index contributed by atoms with van der Waals surface area (Å²) < 4.78 is 11.8. The van der Waals surface area contributed by atoms with Crippen LogP contribution >= 0.6 is 0 Å². The minimum atomic E-state index is -0.117. The van der Waals surface area contributed by atoms with Crippen LogP contribution in [0.25, 0.3) is 0 Å². The maximum absolute atomic E-state index is 12.6. The van der Waals surface area contributed by atoms with Crippen LogP contribution in [0, 0.1) is 0 Å². The number of anilines is 2. The third kappa shape index (κ3) is 4.76. The number of amides is 2. The van der Waals surface area contributed by atoms with E-state index in [-0.39, 0.29) is 24.5 Å². The van der Waals surface area contributed by atoms with Crippen LogP contribution in [0.2, 0.25) is 0 Å². The van der Waals surface area contributed by atoms with Gasteiger partial charge in [-0.05, 0) is 37.6 Å². The predicted molar refractivity (Wildman–Crippen MR) is 120 cm³/mol. The maximum atomic E-state index is 12.6. The Morgan fingerprint density at radius 1 is 1.23 bits per heavy atom. The van der Waals surface area contributed by atoms with Crippen molar-refractivity contribution in [3.05, 3.63) is 48.5 Å². The number of ether oxygens (including phenoxy) is 2. The molecule has 164 valence electrons. The van der Waals surface area contributed by atoms with Crippen molar-refractivity contribution >= 4 is 23.2 Å². The molecule has 0 saturated carbocycles. The topological polar surface area (TPSA) is 62.3 Å². The van der Waals surface area contributed by atoms with Gasteiger partial charge in [0.15, 0.2) is 6.61 Å². The average Bonchev–Trinajstić information content (AvgIpc) is 3.22. The fourth-order valence-electron chi connectivity index (χ4n) is 4.10. The lowest BCUT2D eigenvalue weighted by Crippen LogP contribution is -2.47. The fraction of sp³-hybridized carbons (Fsp3) is 0.417. The lowest BCUT2D eigenvalue weighted by molar-refractivity contribution is -0.133. The molecule has 2 aliphatic rings. The highest BCUT2D eigenvalue weighted by molar-refractivity contribution is 5.95. The molecule has 1 saturated heterocycles. The molecule has 0 aromatic heterocycles. The summed E-state index contributed by atoms with van der Waals surface area (Å²) in [6.45, 7) is 4.88. The van der Waals surface area contributed by atoms with Crippen LogP contribution in [-0.4, -0.2) is 62.7 Å². The van der Waals surface area contributed by atoms with Gasteiger partial charge in [0.25, 0.3) is 5.91 Å². The number of carbonyl (C=O) groups excluding carboxylic acids is 2. The van der Waals surface area contributed by atoms with Gasteiger partial charge in [0.05, 0.1) is 18.8 Å². The zero-order valence-electron chi connectivity index (χ0n) is 18.1. The summed E-state index contributed by atoms with van der Waals surface area (Å²) in [5, 5.41) is 0. The van der Waals surface area contributed by atoms with Crippen LogP contribution in [0.5, 0.6) is 11.5 Å². The van der Waals surface area contributed by atoms with E-state index in [1.54, 1.807) is 22.9 Å². The number of rotatable bonds is 7. The van der Waals surface area contributed by atoms with Crippen molar-refractivity contribution in [2.24, 2.45) is 0 Å². The monoisotopic (exact) mass is 423 g/mol. The van der Waals surface area contributed by atoms with E-state index in [0.717, 1.165) is 43.2 Å². The Kier molecular flexibility index (Phi) is 6.30. The number of fused-ring (bicyclic) bond motifs is 1. The summed E-state index contributed by atoms with van der Waals surface area (Å²) in [5.41, 5.74) is 1.91. The molecule has 4 rings (SSSR count). The SMILES string of the molecule is CCN1CC(CN(C)C(=O)COc2cccc(N3CCCC3=O)c2)Oc2ccccc21. The molecule has 0 aliphatic carbocycles. The van der Waals surface area contributed by atoms with Crippen molar-refractivity contribution in [3.63, 3.8) is 0 Å². The molecule has 31 heavy (non-hydrogen) atoms. The molecule has 2 heterocycles. The molecule has 2 aromatic carbocycles. The maximum Gasteiger partial charge on any atom is 0.260 e. The highest BCUT2D eigenvalue weighted by atomic mass is 16.5. The second kappa shape index (κ2) is 9.29. The van der Waals surface area contributed by atoms with Crippen molar-refractivity contribution in [2.75, 3.05) is 49.6 Å². The van der Waals surface area contributed by atoms with Gasteiger partial charge in [0.1, 0.15) is 17.6 Å². The number of carbonyl (C=O) groups is 2. The summed E-state index contributed by atoms with van der Waals surface area (Å²) in [5.74, 6) is 1.45. The van der Waals surface area contributed by atoms with Crippen molar-refractivity contribution in [1.29, 1.82) is 0 Å². The van der Waals surface area contributed by atoms with E-state index in [2.05, 4.69) is 17.9 Å². The fourth-order valence-corrected chi connectivity index (χ4v) is 4.10. The van der Waals surface area contributed by atoms with Crippen molar-refractivity contribution in [3.8, 4) is 11.5 Å². The van der Waals surface area contributed by atoms with Gasteiger partial charge < -0.3 is 24.2 Å². The van der Waals surface area contributed by atoms with Crippen molar-refractivity contribution in [2.45, 2.75) is 25.9 Å². The minimum Gasteiger partial charge on any atom is -0.485 e. The molecule has 7 nitrogen and oxygen atoms in total. The van der Waals surface area contributed by atoms with Gasteiger partial charge in [-0.25, -0.2) is 0 Å². The summed E-state index contributed by atoms with van der Waals surface area (Å²) in [6, 6.07) is 15.3. The molecule has 0 radical (unpaired) electrons. The van der Waals surface area contributed by atoms with Gasteiger partial charge in [0.2, 0.25) is 5.91 Å². The number of nitrogens with zero attached hydrogens (tertiary/aromatic N) is 3. The van der Waals surface area contributed by atoms with Gasteiger partial charge in [-0.1, -0.05) is 18.2 Å². The molecule has 1 atom stereocenters. The first-order valence-electron chi connectivity index (χ1n) is 10.8. The van der Waals surface area contributed by atoms with Gasteiger partial charge in [-0.15, -0.1) is 0 Å². The molecule has 2 amide bonds. The van der Waals surface area contributed by atoms with E-state index in [0.29, 0.717) is 18.7 Å². The smallest absolute Gasteiger partial charge is 0.260 e. The summed E-state index contributed by atoms with van der Waals surface area (Å²) in [6.07, 6.45) is 1.35. The first-order valence-corrected chi connectivity index (χ1v) is 10.8. The van der Waals surface area contributed by atoms with Gasteiger partial charge >= 0.3 is 0 Å². The lowest BCUT2D eigenvalue weighted by atomic mass is 10.2. The van der Waals surface area contributed by atoms with E-state index in [4.69, 9.17) is 9.47 Å². The van der Waals surface area contributed by atoms with Gasteiger partial charge in [-0.3, -0.25) is 9.59 Å². The molecule has 0 spiro atoms. The molecule has 2 aromatic rings. The standard InChI is InChI=1S/C24H29N3O4/c1-3-26-16-20(31-22-11-5-4-10-21(22)26)15-25(2)24(29)17-30-19-9-6-8-18(14-19)27-13-7-12-23(27)28/h4-6,8-11,14,20H,3,7,12-13,15-17H2,1-2H3. The quantitative estimate of drug-likeness (QED) is 0.685. The first kappa shape index (κ1) is 21.0. The average molecular weight is 424 g/mol. The van der Waals surface area contributed by atoms with E-state index in [1.165, 1.54) is 0 Å². The molecule has 0 bridgehead atoms. The molecule has 1 fully saturated rings. The summed E-state index contributed by atoms with van der Waals surface area (Å²) >= 11 is 0. The van der Waals surface area contributed by atoms with Crippen LogP contribution in [0.1, 0.15) is 19.8 Å². The van der Waals surface area contributed by atoms with Crippen molar-refractivity contribution < 1.29 is 19.1 Å². The normalized spacial score (nSPS) is 17.9. The number of para-hydroxylation sites is 2. The molecule has 2 aliphatic heterocycles. The van der Waals surface area contributed by atoms with E-state index < -0.39 is 0 Å². The largest absolute Gasteiger partial charge is 0.485 e. The highest BCUT2D eigenvalue weighted by Crippen LogP contribution is 2.33. The molecule has 0 N–H and O–H groups in total. The van der Waals surface area contributed by atoms with Gasteiger partial charge in [0, 0.05) is 38.3 Å². The predicted octanol–water partition coefficient (Wildman–Crippen LogP) is 2.94. The third-order valence-electron chi connectivity index (χ3n) is 5.77. The Labute approximate surface area is 183 Å².